The van der Waals surface area contributed by atoms with Gasteiger partial charge in [0.05, 0.1) is 22.5 Å². The van der Waals surface area contributed by atoms with Crippen LogP contribution in [0.2, 0.25) is 10.0 Å². The summed E-state index contributed by atoms with van der Waals surface area (Å²) in [7, 11) is 1.84. The van der Waals surface area contributed by atoms with Crippen molar-refractivity contribution in [3.8, 4) is 0 Å². The highest BCUT2D eigenvalue weighted by atomic mass is 35.5. The highest BCUT2D eigenvalue weighted by Gasteiger charge is 2.26. The van der Waals surface area contributed by atoms with Crippen molar-refractivity contribution in [2.75, 3.05) is 32.0 Å². The number of amides is 1. The Hall–Kier alpha value is -2.36. The Balaban J connectivity index is 0.00000256. The molecular weight excluding hydrogens is 453 g/mol. The summed E-state index contributed by atoms with van der Waals surface area (Å²) < 4.78 is 0. The van der Waals surface area contributed by atoms with Gasteiger partial charge in [-0.15, -0.1) is 0 Å². The molecule has 3 rings (SSSR count). The summed E-state index contributed by atoms with van der Waals surface area (Å²) in [6.45, 7) is 2.83. The summed E-state index contributed by atoms with van der Waals surface area (Å²) in [6.07, 6.45) is 2.61. The molecule has 0 bridgehead atoms. The molecule has 8 nitrogen and oxygen atoms in total. The molecule has 2 aromatic rings. The van der Waals surface area contributed by atoms with Gasteiger partial charge in [-0.2, -0.15) is 0 Å². The van der Waals surface area contributed by atoms with Crippen LogP contribution in [0.5, 0.6) is 0 Å². The minimum absolute atomic E-state index is 0. The quantitative estimate of drug-likeness (QED) is 0.409. The summed E-state index contributed by atoms with van der Waals surface area (Å²) in [4.78, 5) is 17.3. The maximum Gasteiger partial charge on any atom is 0.227 e. The van der Waals surface area contributed by atoms with E-state index < -0.39 is 0 Å². The maximum absolute atomic E-state index is 13.1. The number of guanidine groups is 1. The first-order valence-corrected chi connectivity index (χ1v) is 10.7. The third-order valence-corrected chi connectivity index (χ3v) is 6.12. The summed E-state index contributed by atoms with van der Waals surface area (Å²) in [5, 5.41) is 11.2. The molecule has 1 amide bonds. The first kappa shape index (κ1) is 27.7. The van der Waals surface area contributed by atoms with Crippen molar-refractivity contribution in [3.63, 3.8) is 0 Å². The third kappa shape index (κ3) is 7.36. The molecule has 1 aliphatic rings. The van der Waals surface area contributed by atoms with Crippen molar-refractivity contribution < 1.29 is 15.7 Å². The number of anilines is 1. The minimum Gasteiger partial charge on any atom is -0.412 e. The van der Waals surface area contributed by atoms with Crippen LogP contribution < -0.4 is 11.1 Å². The number of benzene rings is 2. The number of nitrogens with zero attached hydrogens (tertiary/aromatic N) is 2. The molecule has 0 aromatic heterocycles. The van der Waals surface area contributed by atoms with Crippen molar-refractivity contribution in [2.45, 2.75) is 25.3 Å². The SMILES string of the molecule is CN(C(=O)Cc1ccc(Cl)c(Cl)c1)[C@@H](CN1CCCC1)c1cccc(NC(=N)N)c1.O.O. The van der Waals surface area contributed by atoms with Crippen LogP contribution in [-0.2, 0) is 11.2 Å². The van der Waals surface area contributed by atoms with Gasteiger partial charge in [0.2, 0.25) is 5.91 Å². The molecule has 0 unspecified atom stereocenters. The zero-order chi connectivity index (χ0) is 21.7. The average molecular weight is 484 g/mol. The van der Waals surface area contributed by atoms with Crippen LogP contribution in [0.25, 0.3) is 0 Å². The lowest BCUT2D eigenvalue weighted by molar-refractivity contribution is -0.131. The Morgan fingerprint density at radius 3 is 2.47 bits per heavy atom. The molecule has 176 valence electrons. The third-order valence-electron chi connectivity index (χ3n) is 5.38. The molecule has 1 fully saturated rings. The minimum atomic E-state index is -0.118. The lowest BCUT2D eigenvalue weighted by atomic mass is 10.0. The summed E-state index contributed by atoms with van der Waals surface area (Å²) >= 11 is 12.1. The fourth-order valence-corrected chi connectivity index (χ4v) is 4.08. The van der Waals surface area contributed by atoms with E-state index in [2.05, 4.69) is 10.2 Å². The average Bonchev–Trinajstić information content (AvgIpc) is 3.21. The van der Waals surface area contributed by atoms with Gasteiger partial charge in [0.1, 0.15) is 0 Å². The Morgan fingerprint density at radius 2 is 1.84 bits per heavy atom. The van der Waals surface area contributed by atoms with Crippen molar-refractivity contribution in [3.05, 3.63) is 63.6 Å². The fourth-order valence-electron chi connectivity index (χ4n) is 3.76. The summed E-state index contributed by atoms with van der Waals surface area (Å²) in [5.41, 5.74) is 8.04. The van der Waals surface area contributed by atoms with Gasteiger partial charge >= 0.3 is 0 Å². The highest BCUT2D eigenvalue weighted by Crippen LogP contribution is 2.27. The number of likely N-dealkylation sites (tertiary alicyclic amines) is 1. The van der Waals surface area contributed by atoms with E-state index in [9.17, 15) is 4.79 Å². The highest BCUT2D eigenvalue weighted by molar-refractivity contribution is 6.42. The Kier molecular flexibility index (Phi) is 10.9. The van der Waals surface area contributed by atoms with E-state index in [1.54, 1.807) is 17.0 Å². The van der Waals surface area contributed by atoms with Crippen molar-refractivity contribution in [2.24, 2.45) is 5.73 Å². The molecule has 32 heavy (non-hydrogen) atoms. The molecule has 0 saturated carbocycles. The van der Waals surface area contributed by atoms with Gasteiger partial charge in [-0.3, -0.25) is 10.2 Å². The molecule has 0 aliphatic carbocycles. The number of likely N-dealkylation sites (N-methyl/N-ethyl adjacent to an activating group) is 1. The monoisotopic (exact) mass is 483 g/mol. The number of carbonyl (C=O) groups is 1. The number of nitrogens with one attached hydrogen (secondary N) is 2. The molecule has 8 N–H and O–H groups in total. The maximum atomic E-state index is 13.1. The second kappa shape index (κ2) is 12.6. The molecule has 1 heterocycles. The van der Waals surface area contributed by atoms with Gasteiger partial charge in [0.25, 0.3) is 0 Å². The number of carbonyl (C=O) groups excluding carboxylic acids is 1. The zero-order valence-electron chi connectivity index (χ0n) is 18.0. The standard InChI is InChI=1S/C22H27Cl2N5O.2H2O/c1-28(21(30)12-15-7-8-18(23)19(24)11-15)20(14-29-9-2-3-10-29)16-5-4-6-17(13-16)27-22(25)26;;/h4-8,11,13,20H,2-3,9-10,12,14H2,1H3,(H4,25,26,27);2*1H2/t20-;;/m0../s1. The normalized spacial score (nSPS) is 14.1. The first-order chi connectivity index (χ1) is 14.3. The molecule has 1 aliphatic heterocycles. The van der Waals surface area contributed by atoms with E-state index in [4.69, 9.17) is 34.3 Å². The van der Waals surface area contributed by atoms with Crippen molar-refractivity contribution in [1.29, 1.82) is 5.41 Å². The predicted molar refractivity (Wildman–Crippen MR) is 131 cm³/mol. The Bertz CT molecular complexity index is 922. The van der Waals surface area contributed by atoms with Crippen LogP contribution >= 0.6 is 23.2 Å². The predicted octanol–water partition coefficient (Wildman–Crippen LogP) is 2.49. The Labute approximate surface area is 198 Å². The molecule has 10 heteroatoms. The first-order valence-electron chi connectivity index (χ1n) is 9.96. The largest absolute Gasteiger partial charge is 0.412 e. The number of halogens is 2. The lowest BCUT2D eigenvalue weighted by Gasteiger charge is -2.32. The smallest absolute Gasteiger partial charge is 0.227 e. The summed E-state index contributed by atoms with van der Waals surface area (Å²) in [5.74, 6) is -0.116. The van der Waals surface area contributed by atoms with Crippen LogP contribution in [0, 0.1) is 5.41 Å². The van der Waals surface area contributed by atoms with Gasteiger partial charge in [-0.25, -0.2) is 0 Å². The molecule has 1 atom stereocenters. The summed E-state index contributed by atoms with van der Waals surface area (Å²) in [6, 6.07) is 12.9. The van der Waals surface area contributed by atoms with Gasteiger partial charge in [0.15, 0.2) is 5.96 Å². The second-order valence-electron chi connectivity index (χ2n) is 7.62. The van der Waals surface area contributed by atoms with Gasteiger partial charge in [-0.1, -0.05) is 41.4 Å². The van der Waals surface area contributed by atoms with Crippen LogP contribution in [-0.4, -0.2) is 59.3 Å². The van der Waals surface area contributed by atoms with Crippen LogP contribution in [0.3, 0.4) is 0 Å². The van der Waals surface area contributed by atoms with Crippen molar-refractivity contribution >= 4 is 40.8 Å². The molecule has 0 radical (unpaired) electrons. The number of hydrogen-bond donors (Lipinski definition) is 3. The second-order valence-corrected chi connectivity index (χ2v) is 8.43. The van der Waals surface area contributed by atoms with Gasteiger partial charge in [0, 0.05) is 19.3 Å². The van der Waals surface area contributed by atoms with Crippen molar-refractivity contribution in [1.82, 2.24) is 9.80 Å². The Morgan fingerprint density at radius 1 is 1.16 bits per heavy atom. The van der Waals surface area contributed by atoms with Gasteiger partial charge < -0.3 is 31.8 Å². The van der Waals surface area contributed by atoms with E-state index in [1.165, 1.54) is 12.8 Å². The van der Waals surface area contributed by atoms with E-state index in [1.807, 2.05) is 37.4 Å². The van der Waals surface area contributed by atoms with E-state index >= 15 is 0 Å². The zero-order valence-corrected chi connectivity index (χ0v) is 19.5. The van der Waals surface area contributed by atoms with E-state index in [0.29, 0.717) is 10.0 Å². The van der Waals surface area contributed by atoms with E-state index in [-0.39, 0.29) is 35.3 Å². The molecule has 0 spiro atoms. The topological polar surface area (TPSA) is 148 Å². The lowest BCUT2D eigenvalue weighted by Crippen LogP contribution is -2.39. The number of nitrogens with two attached hydrogens (primary N) is 1. The molecular formula is C22H31Cl2N5O3. The fraction of sp³-hybridized carbons (Fsp3) is 0.364. The molecule has 1 saturated heterocycles. The van der Waals surface area contributed by atoms with Crippen LogP contribution in [0.15, 0.2) is 42.5 Å². The van der Waals surface area contributed by atoms with Gasteiger partial charge in [-0.05, 0) is 61.3 Å². The number of hydrogen-bond acceptors (Lipinski definition) is 3. The number of rotatable bonds is 7. The van der Waals surface area contributed by atoms with Crippen LogP contribution in [0.4, 0.5) is 5.69 Å². The van der Waals surface area contributed by atoms with E-state index in [0.717, 1.165) is 36.4 Å². The van der Waals surface area contributed by atoms with Crippen LogP contribution in [0.1, 0.15) is 30.0 Å². The molecule has 2 aromatic carbocycles.